The van der Waals surface area contributed by atoms with E-state index in [4.69, 9.17) is 0 Å². The van der Waals surface area contributed by atoms with Crippen molar-refractivity contribution in [1.82, 2.24) is 0 Å². The fourth-order valence-corrected chi connectivity index (χ4v) is 1.78. The second kappa shape index (κ2) is 13.4. The zero-order chi connectivity index (χ0) is 12.0. The van der Waals surface area contributed by atoms with E-state index in [-0.39, 0.29) is 50.7 Å². The Kier molecular flexibility index (Phi) is 17.2. The van der Waals surface area contributed by atoms with Gasteiger partial charge in [-0.05, 0) is 24.7 Å². The molecule has 2 aliphatic rings. The molecule has 0 radical (unpaired) electrons. The predicted molar refractivity (Wildman–Crippen MR) is 73.4 cm³/mol. The van der Waals surface area contributed by atoms with Gasteiger partial charge in [0.2, 0.25) is 0 Å². The van der Waals surface area contributed by atoms with Crippen molar-refractivity contribution in [2.75, 3.05) is 0 Å². The zero-order valence-electron chi connectivity index (χ0n) is 12.3. The molecule has 0 N–H and O–H groups in total. The standard InChI is InChI=1S/2C8H12.2ClH.Hf/c2*1-7(2)8-5-3-4-6-8;;;/h2*3-5,7H,6H2,1-2H3;2*1H;/p-2. The number of halogens is 2. The molecule has 2 aliphatic carbocycles. The van der Waals surface area contributed by atoms with Gasteiger partial charge in [0.25, 0.3) is 0 Å². The molecule has 0 amide bonds. The Balaban J connectivity index is -0.000000233. The average Bonchev–Trinajstić information content (AvgIpc) is 2.93. The summed E-state index contributed by atoms with van der Waals surface area (Å²) in [6.07, 6.45) is 15.5. The largest absolute Gasteiger partial charge is 1.00 e. The molecular weight excluding hydrogens is 442 g/mol. The summed E-state index contributed by atoms with van der Waals surface area (Å²) in [7, 11) is 0. The third-order valence-corrected chi connectivity index (χ3v) is 3.08. The molecule has 0 nitrogen and oxygen atoms in total. The fourth-order valence-electron chi connectivity index (χ4n) is 1.78. The summed E-state index contributed by atoms with van der Waals surface area (Å²) in [5, 5.41) is 0. The van der Waals surface area contributed by atoms with E-state index in [2.05, 4.69) is 64.2 Å². The SMILES string of the molecule is CC(C)C1=CC=CC1.CC(C)C1=CC=CC1.[Cl-].[Cl-].[Hf]. The molecule has 0 aliphatic heterocycles. The molecule has 0 spiro atoms. The van der Waals surface area contributed by atoms with Crippen molar-refractivity contribution in [2.24, 2.45) is 11.8 Å². The van der Waals surface area contributed by atoms with E-state index in [1.54, 1.807) is 11.1 Å². The van der Waals surface area contributed by atoms with E-state index in [1.165, 1.54) is 12.8 Å². The Morgan fingerprint density at radius 2 is 1.05 bits per heavy atom. The van der Waals surface area contributed by atoms with Crippen LogP contribution in [0.2, 0.25) is 0 Å². The third-order valence-electron chi connectivity index (χ3n) is 3.08. The topological polar surface area (TPSA) is 0 Å². The van der Waals surface area contributed by atoms with Crippen molar-refractivity contribution in [3.8, 4) is 0 Å². The van der Waals surface area contributed by atoms with Crippen LogP contribution in [0, 0.1) is 11.8 Å². The van der Waals surface area contributed by atoms with Crippen LogP contribution in [-0.2, 0) is 25.8 Å². The van der Waals surface area contributed by atoms with E-state index in [1.807, 2.05) is 0 Å². The maximum atomic E-state index is 2.23. The molecule has 0 unspecified atom stereocenters. The van der Waals surface area contributed by atoms with Gasteiger partial charge in [0.1, 0.15) is 0 Å². The maximum Gasteiger partial charge on any atom is 0 e. The molecule has 0 aromatic rings. The maximum absolute atomic E-state index is 2.23. The minimum absolute atomic E-state index is 0. The predicted octanol–water partition coefficient (Wildman–Crippen LogP) is -0.937. The average molecular weight is 466 g/mol. The molecule has 2 rings (SSSR count). The van der Waals surface area contributed by atoms with Crippen LogP contribution in [0.4, 0.5) is 0 Å². The van der Waals surface area contributed by atoms with Crippen LogP contribution in [-0.4, -0.2) is 0 Å². The molecule has 0 fully saturated rings. The first kappa shape index (κ1) is 24.4. The number of hydrogen-bond acceptors (Lipinski definition) is 0. The molecule has 108 valence electrons. The number of allylic oxidation sites excluding steroid dienone is 8. The van der Waals surface area contributed by atoms with Gasteiger partial charge in [-0.2, -0.15) is 0 Å². The van der Waals surface area contributed by atoms with E-state index in [9.17, 15) is 0 Å². The summed E-state index contributed by atoms with van der Waals surface area (Å²) in [6.45, 7) is 8.94. The van der Waals surface area contributed by atoms with Crippen molar-refractivity contribution in [2.45, 2.75) is 40.5 Å². The summed E-state index contributed by atoms with van der Waals surface area (Å²) >= 11 is 0. The first-order valence-corrected chi connectivity index (χ1v) is 6.32. The van der Waals surface area contributed by atoms with Crippen LogP contribution in [0.5, 0.6) is 0 Å². The Labute approximate surface area is 150 Å². The van der Waals surface area contributed by atoms with Crippen molar-refractivity contribution < 1.29 is 50.7 Å². The van der Waals surface area contributed by atoms with Crippen LogP contribution in [0.15, 0.2) is 47.6 Å². The van der Waals surface area contributed by atoms with E-state index in [0.29, 0.717) is 0 Å². The van der Waals surface area contributed by atoms with Crippen LogP contribution < -0.4 is 24.8 Å². The molecule has 0 saturated heterocycles. The monoisotopic (exact) mass is 466 g/mol. The van der Waals surface area contributed by atoms with Crippen molar-refractivity contribution >= 4 is 0 Å². The Bertz CT molecular complexity index is 303. The summed E-state index contributed by atoms with van der Waals surface area (Å²) in [5.74, 6) is 1.48. The van der Waals surface area contributed by atoms with Gasteiger partial charge in [0.05, 0.1) is 0 Å². The number of rotatable bonds is 2. The van der Waals surface area contributed by atoms with Gasteiger partial charge < -0.3 is 24.8 Å². The van der Waals surface area contributed by atoms with Crippen molar-refractivity contribution in [3.05, 3.63) is 47.6 Å². The fraction of sp³-hybridized carbons (Fsp3) is 0.500. The van der Waals surface area contributed by atoms with Gasteiger partial charge in [-0.1, -0.05) is 75.3 Å². The minimum atomic E-state index is 0. The van der Waals surface area contributed by atoms with Crippen LogP contribution in [0.3, 0.4) is 0 Å². The summed E-state index contributed by atoms with van der Waals surface area (Å²) in [6, 6.07) is 0. The Morgan fingerprint density at radius 3 is 1.16 bits per heavy atom. The molecular formula is C16H24Cl2Hf-2. The van der Waals surface area contributed by atoms with Gasteiger partial charge in [0, 0.05) is 25.8 Å². The number of hydrogen-bond donors (Lipinski definition) is 0. The summed E-state index contributed by atoms with van der Waals surface area (Å²) in [5.41, 5.74) is 3.12. The Hall–Kier alpha value is 0.410. The molecule has 0 saturated carbocycles. The van der Waals surface area contributed by atoms with Crippen LogP contribution >= 0.6 is 0 Å². The van der Waals surface area contributed by atoms with Gasteiger partial charge in [-0.3, -0.25) is 0 Å². The van der Waals surface area contributed by atoms with Gasteiger partial charge in [-0.25, -0.2) is 0 Å². The smallest absolute Gasteiger partial charge is 0 e. The summed E-state index contributed by atoms with van der Waals surface area (Å²) in [4.78, 5) is 0. The van der Waals surface area contributed by atoms with Crippen molar-refractivity contribution in [3.63, 3.8) is 0 Å². The van der Waals surface area contributed by atoms with E-state index < -0.39 is 0 Å². The first-order chi connectivity index (χ1) is 7.61. The zero-order valence-corrected chi connectivity index (χ0v) is 17.4. The van der Waals surface area contributed by atoms with Gasteiger partial charge in [0.15, 0.2) is 0 Å². The summed E-state index contributed by atoms with van der Waals surface area (Å²) < 4.78 is 0. The molecule has 0 bridgehead atoms. The van der Waals surface area contributed by atoms with Crippen LogP contribution in [0.1, 0.15) is 40.5 Å². The second-order valence-electron chi connectivity index (χ2n) is 5.06. The molecule has 0 heterocycles. The Morgan fingerprint density at radius 1 is 0.737 bits per heavy atom. The normalized spacial score (nSPS) is 14.8. The molecule has 0 aromatic heterocycles. The first-order valence-electron chi connectivity index (χ1n) is 6.32. The molecule has 3 heteroatoms. The van der Waals surface area contributed by atoms with Crippen LogP contribution in [0.25, 0.3) is 0 Å². The quantitative estimate of drug-likeness (QED) is 0.462. The third kappa shape index (κ3) is 9.87. The second-order valence-corrected chi connectivity index (χ2v) is 5.06. The molecule has 0 aromatic carbocycles. The van der Waals surface area contributed by atoms with Gasteiger partial charge in [-0.15, -0.1) is 0 Å². The molecule has 19 heavy (non-hydrogen) atoms. The van der Waals surface area contributed by atoms with Gasteiger partial charge >= 0.3 is 0 Å². The van der Waals surface area contributed by atoms with E-state index in [0.717, 1.165) is 11.8 Å². The minimum Gasteiger partial charge on any atom is -1.00 e. The molecule has 0 atom stereocenters. The van der Waals surface area contributed by atoms with Crippen molar-refractivity contribution in [1.29, 1.82) is 0 Å². The van der Waals surface area contributed by atoms with E-state index >= 15 is 0 Å².